The fourth-order valence-electron chi connectivity index (χ4n) is 0.967. The highest BCUT2D eigenvalue weighted by molar-refractivity contribution is 7.99. The first kappa shape index (κ1) is 11.9. The number of carbonyl (C=O) groups is 1. The average Bonchev–Trinajstić information content (AvgIpc) is 2.08. The minimum Gasteiger partial charge on any atom is -0.481 e. The monoisotopic (exact) mass is 233 g/mol. The minimum atomic E-state index is -0.961. The Labute approximate surface area is 89.5 Å². The van der Waals surface area contributed by atoms with Gasteiger partial charge in [-0.3, -0.25) is 4.79 Å². The lowest BCUT2D eigenvalue weighted by Crippen LogP contribution is -2.06. The SMILES string of the molecule is CC(CC(=O)O)Sc1ncc(F)cc1F. The first-order valence-corrected chi connectivity index (χ1v) is 5.06. The summed E-state index contributed by atoms with van der Waals surface area (Å²) in [5.74, 6) is -2.47. The van der Waals surface area contributed by atoms with Crippen LogP contribution in [0.2, 0.25) is 0 Å². The molecule has 0 aliphatic carbocycles. The maximum atomic E-state index is 13.1. The summed E-state index contributed by atoms with van der Waals surface area (Å²) in [5.41, 5.74) is 0. The van der Waals surface area contributed by atoms with Crippen LogP contribution in [0.25, 0.3) is 0 Å². The third-order valence-electron chi connectivity index (χ3n) is 1.55. The third-order valence-corrected chi connectivity index (χ3v) is 2.64. The van der Waals surface area contributed by atoms with Crippen molar-refractivity contribution in [3.05, 3.63) is 23.9 Å². The van der Waals surface area contributed by atoms with E-state index in [0.29, 0.717) is 0 Å². The molecule has 0 aliphatic heterocycles. The topological polar surface area (TPSA) is 50.2 Å². The van der Waals surface area contributed by atoms with Crippen LogP contribution in [0.15, 0.2) is 17.3 Å². The van der Waals surface area contributed by atoms with Gasteiger partial charge in [0.05, 0.1) is 12.6 Å². The second-order valence-electron chi connectivity index (χ2n) is 2.97. The molecule has 1 aromatic rings. The van der Waals surface area contributed by atoms with E-state index in [-0.39, 0.29) is 16.7 Å². The Bertz CT molecular complexity index is 373. The summed E-state index contributed by atoms with van der Waals surface area (Å²) in [6.45, 7) is 1.64. The first-order valence-electron chi connectivity index (χ1n) is 4.18. The van der Waals surface area contributed by atoms with Gasteiger partial charge in [-0.05, 0) is 0 Å². The quantitative estimate of drug-likeness (QED) is 0.811. The van der Waals surface area contributed by atoms with Gasteiger partial charge in [-0.15, -0.1) is 0 Å². The van der Waals surface area contributed by atoms with Crippen molar-refractivity contribution in [3.63, 3.8) is 0 Å². The van der Waals surface area contributed by atoms with Gasteiger partial charge < -0.3 is 5.11 Å². The van der Waals surface area contributed by atoms with E-state index in [2.05, 4.69) is 4.98 Å². The fourth-order valence-corrected chi connectivity index (χ4v) is 1.86. The maximum absolute atomic E-state index is 13.1. The number of carboxylic acid groups (broad SMARTS) is 1. The molecule has 0 amide bonds. The van der Waals surface area contributed by atoms with Gasteiger partial charge in [0.25, 0.3) is 0 Å². The van der Waals surface area contributed by atoms with E-state index in [1.54, 1.807) is 6.92 Å². The number of carboxylic acids is 1. The van der Waals surface area contributed by atoms with Gasteiger partial charge in [-0.25, -0.2) is 13.8 Å². The van der Waals surface area contributed by atoms with Gasteiger partial charge in [0, 0.05) is 11.3 Å². The Morgan fingerprint density at radius 2 is 2.33 bits per heavy atom. The number of hydrogen-bond donors (Lipinski definition) is 1. The number of hydrogen-bond acceptors (Lipinski definition) is 3. The van der Waals surface area contributed by atoms with Crippen molar-refractivity contribution in [1.82, 2.24) is 4.98 Å². The van der Waals surface area contributed by atoms with E-state index in [9.17, 15) is 13.6 Å². The Kier molecular flexibility index (Phi) is 4.02. The molecule has 1 aromatic heterocycles. The zero-order valence-electron chi connectivity index (χ0n) is 7.91. The van der Waals surface area contributed by atoms with Crippen molar-refractivity contribution in [2.24, 2.45) is 0 Å². The lowest BCUT2D eigenvalue weighted by Gasteiger charge is -2.07. The van der Waals surface area contributed by atoms with Gasteiger partial charge in [0.2, 0.25) is 0 Å². The van der Waals surface area contributed by atoms with Crippen molar-refractivity contribution in [2.45, 2.75) is 23.6 Å². The molecular weight excluding hydrogens is 224 g/mol. The molecule has 1 rings (SSSR count). The molecule has 3 nitrogen and oxygen atoms in total. The van der Waals surface area contributed by atoms with E-state index in [1.165, 1.54) is 0 Å². The highest BCUT2D eigenvalue weighted by atomic mass is 32.2. The minimum absolute atomic E-state index is 0.0187. The largest absolute Gasteiger partial charge is 0.481 e. The van der Waals surface area contributed by atoms with E-state index in [0.717, 1.165) is 24.0 Å². The molecule has 15 heavy (non-hydrogen) atoms. The lowest BCUT2D eigenvalue weighted by molar-refractivity contribution is -0.136. The second-order valence-corrected chi connectivity index (χ2v) is 4.39. The number of halogens is 2. The number of rotatable bonds is 4. The Balaban J connectivity index is 2.68. The van der Waals surface area contributed by atoms with Crippen LogP contribution in [-0.4, -0.2) is 21.3 Å². The van der Waals surface area contributed by atoms with Crippen LogP contribution in [0.3, 0.4) is 0 Å². The zero-order chi connectivity index (χ0) is 11.4. The third kappa shape index (κ3) is 3.83. The van der Waals surface area contributed by atoms with Crippen LogP contribution >= 0.6 is 11.8 Å². The van der Waals surface area contributed by atoms with Crippen molar-refractivity contribution in [1.29, 1.82) is 0 Å². The van der Waals surface area contributed by atoms with Crippen molar-refractivity contribution >= 4 is 17.7 Å². The number of aliphatic carboxylic acids is 1. The molecule has 0 aliphatic rings. The predicted molar refractivity (Wildman–Crippen MR) is 51.7 cm³/mol. The molecule has 1 atom stereocenters. The molecule has 0 fully saturated rings. The molecule has 1 unspecified atom stereocenters. The highest BCUT2D eigenvalue weighted by Crippen LogP contribution is 2.25. The van der Waals surface area contributed by atoms with Gasteiger partial charge >= 0.3 is 5.97 Å². The van der Waals surface area contributed by atoms with Crippen LogP contribution in [0.5, 0.6) is 0 Å². The molecule has 0 saturated heterocycles. The summed E-state index contributed by atoms with van der Waals surface area (Å²) >= 11 is 0.974. The Morgan fingerprint density at radius 1 is 1.67 bits per heavy atom. The zero-order valence-corrected chi connectivity index (χ0v) is 8.72. The standard InChI is InChI=1S/C9H9F2NO2S/c1-5(2-8(13)14)15-9-7(11)3-6(10)4-12-9/h3-5H,2H2,1H3,(H,13,14). The number of pyridine rings is 1. The van der Waals surface area contributed by atoms with Crippen LogP contribution < -0.4 is 0 Å². The molecule has 1 N–H and O–H groups in total. The van der Waals surface area contributed by atoms with E-state index in [4.69, 9.17) is 5.11 Å². The van der Waals surface area contributed by atoms with Gasteiger partial charge in [-0.2, -0.15) is 0 Å². The van der Waals surface area contributed by atoms with Gasteiger partial charge in [-0.1, -0.05) is 18.7 Å². The van der Waals surface area contributed by atoms with Gasteiger partial charge in [0.1, 0.15) is 10.8 Å². The highest BCUT2D eigenvalue weighted by Gasteiger charge is 2.13. The van der Waals surface area contributed by atoms with E-state index in [1.807, 2.05) is 0 Å². The van der Waals surface area contributed by atoms with Crippen LogP contribution in [0.1, 0.15) is 13.3 Å². The molecule has 0 saturated carbocycles. The second kappa shape index (κ2) is 5.06. The van der Waals surface area contributed by atoms with Crippen LogP contribution in [0, 0.1) is 11.6 Å². The molecular formula is C9H9F2NO2S. The normalized spacial score (nSPS) is 12.5. The Morgan fingerprint density at radius 3 is 2.87 bits per heavy atom. The van der Waals surface area contributed by atoms with Crippen molar-refractivity contribution in [2.75, 3.05) is 0 Å². The van der Waals surface area contributed by atoms with Crippen LogP contribution in [0.4, 0.5) is 8.78 Å². The summed E-state index contributed by atoms with van der Waals surface area (Å²) in [6, 6.07) is 0.725. The number of aromatic nitrogens is 1. The fraction of sp³-hybridized carbons (Fsp3) is 0.333. The van der Waals surface area contributed by atoms with Crippen LogP contribution in [-0.2, 0) is 4.79 Å². The molecule has 0 spiro atoms. The summed E-state index contributed by atoms with van der Waals surface area (Å²) < 4.78 is 25.6. The predicted octanol–water partition coefficient (Wildman–Crippen LogP) is 2.32. The smallest absolute Gasteiger partial charge is 0.304 e. The summed E-state index contributed by atoms with van der Waals surface area (Å²) in [6.07, 6.45) is 0.808. The van der Waals surface area contributed by atoms with Crippen molar-refractivity contribution in [3.8, 4) is 0 Å². The average molecular weight is 233 g/mol. The maximum Gasteiger partial charge on any atom is 0.304 e. The lowest BCUT2D eigenvalue weighted by atomic mass is 10.3. The Hall–Kier alpha value is -1.17. The molecule has 82 valence electrons. The summed E-state index contributed by atoms with van der Waals surface area (Å²) in [4.78, 5) is 13.9. The summed E-state index contributed by atoms with van der Waals surface area (Å²) in [5, 5.41) is 8.20. The molecule has 1 heterocycles. The van der Waals surface area contributed by atoms with Crippen molar-refractivity contribution < 1.29 is 18.7 Å². The van der Waals surface area contributed by atoms with Gasteiger partial charge in [0.15, 0.2) is 5.82 Å². The van der Waals surface area contributed by atoms with E-state index < -0.39 is 17.6 Å². The molecule has 0 aromatic carbocycles. The summed E-state index contributed by atoms with van der Waals surface area (Å²) in [7, 11) is 0. The molecule has 0 bridgehead atoms. The first-order chi connectivity index (χ1) is 6.99. The molecule has 0 radical (unpaired) electrons. The van der Waals surface area contributed by atoms with E-state index >= 15 is 0 Å². The number of nitrogens with zero attached hydrogens (tertiary/aromatic N) is 1. The molecule has 6 heteroatoms. The number of thioether (sulfide) groups is 1.